The van der Waals surface area contributed by atoms with Crippen molar-refractivity contribution in [1.82, 2.24) is 5.32 Å². The maximum Gasteiger partial charge on any atom is 0.329 e. The molecule has 0 radical (unpaired) electrons. The molecule has 1 aromatic rings. The lowest BCUT2D eigenvalue weighted by atomic mass is 9.95. The van der Waals surface area contributed by atoms with E-state index in [0.29, 0.717) is 28.6 Å². The van der Waals surface area contributed by atoms with Gasteiger partial charge in [-0.15, -0.1) is 0 Å². The van der Waals surface area contributed by atoms with E-state index >= 15 is 0 Å². The lowest BCUT2D eigenvalue weighted by molar-refractivity contribution is -0.144. The molecule has 1 amide bonds. The number of methoxy groups -OCH3 is 1. The molecule has 0 saturated carbocycles. The summed E-state index contributed by atoms with van der Waals surface area (Å²) in [5.41, 5.74) is -0.889. The number of carbonyl (C=O) groups is 2. The quantitative estimate of drug-likeness (QED) is 0.832. The third-order valence-electron chi connectivity index (χ3n) is 3.03. The summed E-state index contributed by atoms with van der Waals surface area (Å²) in [6, 6.07) is 4.84. The molecule has 0 aliphatic heterocycles. The van der Waals surface area contributed by atoms with E-state index in [0.717, 1.165) is 0 Å². The number of amides is 1. The van der Waals surface area contributed by atoms with Gasteiger partial charge in [0.15, 0.2) is 0 Å². The lowest BCUT2D eigenvalue weighted by Gasteiger charge is -2.25. The molecule has 1 unspecified atom stereocenters. The lowest BCUT2D eigenvalue weighted by Crippen LogP contribution is -2.52. The van der Waals surface area contributed by atoms with E-state index in [4.69, 9.17) is 4.74 Å². The molecule has 6 heteroatoms. The molecule has 0 aliphatic rings. The Labute approximate surface area is 126 Å². The molecule has 1 atom stereocenters. The third-order valence-corrected chi connectivity index (χ3v) is 3.65. The summed E-state index contributed by atoms with van der Waals surface area (Å²) in [6.45, 7) is 3.38. The summed E-state index contributed by atoms with van der Waals surface area (Å²) in [5.74, 6) is -0.858. The van der Waals surface area contributed by atoms with Gasteiger partial charge in [0.25, 0.3) is 5.91 Å². The van der Waals surface area contributed by atoms with Gasteiger partial charge in [0, 0.05) is 5.56 Å². The van der Waals surface area contributed by atoms with Gasteiger partial charge in [-0.1, -0.05) is 13.3 Å². The average Bonchev–Trinajstić information content (AvgIpc) is 2.38. The van der Waals surface area contributed by atoms with Crippen LogP contribution in [-0.4, -0.2) is 29.6 Å². The van der Waals surface area contributed by atoms with Gasteiger partial charge >= 0.3 is 5.97 Å². The first kappa shape index (κ1) is 16.5. The van der Waals surface area contributed by atoms with Crippen LogP contribution in [-0.2, 0) is 4.79 Å². The minimum Gasteiger partial charge on any atom is -0.496 e. The molecule has 0 saturated heterocycles. The molecular weight excluding hydrogens is 326 g/mol. The molecule has 1 aromatic carbocycles. The minimum absolute atomic E-state index is 0.366. The van der Waals surface area contributed by atoms with Gasteiger partial charge in [-0.2, -0.15) is 0 Å². The van der Waals surface area contributed by atoms with Crippen LogP contribution in [0.4, 0.5) is 0 Å². The Hall–Kier alpha value is -1.56. The van der Waals surface area contributed by atoms with Crippen molar-refractivity contribution in [2.75, 3.05) is 7.11 Å². The fraction of sp³-hybridized carbons (Fsp3) is 0.429. The maximum atomic E-state index is 12.2. The zero-order chi connectivity index (χ0) is 15.3. The number of ether oxygens (including phenoxy) is 1. The SMILES string of the molecule is CCCC(C)(NC(=O)c1ccc(OC)c(Br)c1)C(=O)O. The molecule has 2 N–H and O–H groups in total. The highest BCUT2D eigenvalue weighted by Crippen LogP contribution is 2.26. The molecule has 5 nitrogen and oxygen atoms in total. The fourth-order valence-electron chi connectivity index (χ4n) is 1.85. The van der Waals surface area contributed by atoms with Crippen molar-refractivity contribution >= 4 is 27.8 Å². The zero-order valence-electron chi connectivity index (χ0n) is 11.7. The Morgan fingerprint density at radius 2 is 2.10 bits per heavy atom. The molecule has 1 rings (SSSR count). The van der Waals surface area contributed by atoms with Crippen LogP contribution in [0, 0.1) is 0 Å². The number of halogens is 1. The molecule has 0 fully saturated rings. The van der Waals surface area contributed by atoms with Crippen LogP contribution in [0.5, 0.6) is 5.75 Å². The van der Waals surface area contributed by atoms with Crippen molar-refractivity contribution in [2.45, 2.75) is 32.2 Å². The van der Waals surface area contributed by atoms with Crippen LogP contribution in [0.3, 0.4) is 0 Å². The maximum absolute atomic E-state index is 12.2. The molecule has 0 bridgehead atoms. The second-order valence-electron chi connectivity index (χ2n) is 4.69. The first-order chi connectivity index (χ1) is 9.34. The van der Waals surface area contributed by atoms with Crippen molar-refractivity contribution in [2.24, 2.45) is 0 Å². The summed E-state index contributed by atoms with van der Waals surface area (Å²) in [7, 11) is 1.53. The standard InChI is InChI=1S/C14H18BrNO4/c1-4-7-14(2,13(18)19)16-12(17)9-5-6-11(20-3)10(15)8-9/h5-6,8H,4,7H2,1-3H3,(H,16,17)(H,18,19). The number of hydrogen-bond acceptors (Lipinski definition) is 3. The molecule has 20 heavy (non-hydrogen) atoms. The van der Waals surface area contributed by atoms with Crippen LogP contribution in [0.1, 0.15) is 37.0 Å². The zero-order valence-corrected chi connectivity index (χ0v) is 13.3. The van der Waals surface area contributed by atoms with Gasteiger partial charge in [0.2, 0.25) is 0 Å². The summed E-state index contributed by atoms with van der Waals surface area (Å²) in [6.07, 6.45) is 1.03. The van der Waals surface area contributed by atoms with E-state index in [1.807, 2.05) is 6.92 Å². The molecular formula is C14H18BrNO4. The summed E-state index contributed by atoms with van der Waals surface area (Å²) < 4.78 is 5.72. The van der Waals surface area contributed by atoms with Crippen molar-refractivity contribution < 1.29 is 19.4 Å². The smallest absolute Gasteiger partial charge is 0.329 e. The summed E-state index contributed by atoms with van der Waals surface area (Å²) >= 11 is 3.29. The Kier molecular flexibility index (Phi) is 5.56. The second kappa shape index (κ2) is 6.74. The third kappa shape index (κ3) is 3.72. The van der Waals surface area contributed by atoms with Gasteiger partial charge in [-0.05, 0) is 47.5 Å². The van der Waals surface area contributed by atoms with E-state index in [1.54, 1.807) is 18.2 Å². The minimum atomic E-state index is -1.27. The normalized spacial score (nSPS) is 13.4. The molecule has 0 aliphatic carbocycles. The Bertz CT molecular complexity index is 518. The number of benzene rings is 1. The number of carbonyl (C=O) groups excluding carboxylic acids is 1. The van der Waals surface area contributed by atoms with Crippen LogP contribution in [0.25, 0.3) is 0 Å². The van der Waals surface area contributed by atoms with Gasteiger partial charge < -0.3 is 15.2 Å². The van der Waals surface area contributed by atoms with Gasteiger partial charge in [0.1, 0.15) is 11.3 Å². The van der Waals surface area contributed by atoms with Crippen LogP contribution < -0.4 is 10.1 Å². The van der Waals surface area contributed by atoms with Crippen LogP contribution in [0.15, 0.2) is 22.7 Å². The monoisotopic (exact) mass is 343 g/mol. The van der Waals surface area contributed by atoms with E-state index in [9.17, 15) is 14.7 Å². The molecule has 110 valence electrons. The highest BCUT2D eigenvalue weighted by Gasteiger charge is 2.34. The highest BCUT2D eigenvalue weighted by atomic mass is 79.9. The van der Waals surface area contributed by atoms with E-state index in [2.05, 4.69) is 21.2 Å². The van der Waals surface area contributed by atoms with Crippen molar-refractivity contribution in [3.8, 4) is 5.75 Å². The molecule has 0 heterocycles. The number of aliphatic carboxylic acids is 1. The fourth-order valence-corrected chi connectivity index (χ4v) is 2.39. The molecule has 0 spiro atoms. The van der Waals surface area contributed by atoms with Crippen molar-refractivity contribution in [3.05, 3.63) is 28.2 Å². The Morgan fingerprint density at radius 1 is 1.45 bits per heavy atom. The number of carboxylic acid groups (broad SMARTS) is 1. The van der Waals surface area contributed by atoms with E-state index in [1.165, 1.54) is 14.0 Å². The summed E-state index contributed by atoms with van der Waals surface area (Å²) in [5, 5.41) is 11.8. The predicted molar refractivity (Wildman–Crippen MR) is 79.1 cm³/mol. The average molecular weight is 344 g/mol. The van der Waals surface area contributed by atoms with Gasteiger partial charge in [-0.25, -0.2) is 4.79 Å². The molecule has 0 aromatic heterocycles. The van der Waals surface area contributed by atoms with E-state index in [-0.39, 0.29) is 0 Å². The highest BCUT2D eigenvalue weighted by molar-refractivity contribution is 9.10. The first-order valence-electron chi connectivity index (χ1n) is 6.23. The van der Waals surface area contributed by atoms with Gasteiger partial charge in [0.05, 0.1) is 11.6 Å². The topological polar surface area (TPSA) is 75.6 Å². The number of hydrogen-bond donors (Lipinski definition) is 2. The van der Waals surface area contributed by atoms with Crippen LogP contribution >= 0.6 is 15.9 Å². The van der Waals surface area contributed by atoms with Crippen molar-refractivity contribution in [1.29, 1.82) is 0 Å². The first-order valence-corrected chi connectivity index (χ1v) is 7.02. The Morgan fingerprint density at radius 3 is 2.55 bits per heavy atom. The van der Waals surface area contributed by atoms with Crippen LogP contribution in [0.2, 0.25) is 0 Å². The van der Waals surface area contributed by atoms with E-state index < -0.39 is 17.4 Å². The number of carboxylic acids is 1. The van der Waals surface area contributed by atoms with Gasteiger partial charge in [-0.3, -0.25) is 4.79 Å². The Balaban J connectivity index is 2.95. The predicted octanol–water partition coefficient (Wildman–Crippen LogP) is 2.83. The summed E-state index contributed by atoms with van der Waals surface area (Å²) in [4.78, 5) is 23.5. The number of nitrogens with one attached hydrogen (secondary N) is 1. The second-order valence-corrected chi connectivity index (χ2v) is 5.55. The largest absolute Gasteiger partial charge is 0.496 e. The number of rotatable bonds is 6. The van der Waals surface area contributed by atoms with Crippen molar-refractivity contribution in [3.63, 3.8) is 0 Å².